The lowest BCUT2D eigenvalue weighted by Gasteiger charge is -2.16. The van der Waals surface area contributed by atoms with Gasteiger partial charge in [0.2, 0.25) is 5.91 Å². The lowest BCUT2D eigenvalue weighted by atomic mass is 10.1. The average Bonchev–Trinajstić information content (AvgIpc) is 2.61. The molecule has 2 rings (SSSR count). The largest absolute Gasteiger partial charge is 0.497 e. The van der Waals surface area contributed by atoms with Gasteiger partial charge in [-0.05, 0) is 50.1 Å². The summed E-state index contributed by atoms with van der Waals surface area (Å²) < 4.78 is 10.9. The van der Waals surface area contributed by atoms with Crippen molar-refractivity contribution in [1.82, 2.24) is 0 Å². The molecule has 2 aromatic rings. The Morgan fingerprint density at radius 1 is 1.12 bits per heavy atom. The number of hydrogen-bond donors (Lipinski definition) is 2. The van der Waals surface area contributed by atoms with Gasteiger partial charge in [-0.2, -0.15) is 0 Å². The standard InChI is InChI=1S/C20H23NO5/c1-13(2)26-18-10-9-16(25-3)12-17(18)21-19(22)11-6-14-4-7-15(8-5-14)20(23)24/h4-5,7-10,12-13H,6,11H2,1-3H3,(H,21,22)(H,23,24). The normalized spacial score (nSPS) is 10.5. The first-order chi connectivity index (χ1) is 12.4. The number of anilines is 1. The molecule has 2 N–H and O–H groups in total. The van der Waals surface area contributed by atoms with Crippen LogP contribution in [-0.2, 0) is 11.2 Å². The highest BCUT2D eigenvalue weighted by atomic mass is 16.5. The fourth-order valence-electron chi connectivity index (χ4n) is 2.38. The number of carboxylic acids is 1. The summed E-state index contributed by atoms with van der Waals surface area (Å²) in [6.45, 7) is 3.83. The minimum atomic E-state index is -0.968. The quantitative estimate of drug-likeness (QED) is 0.751. The molecule has 0 spiro atoms. The van der Waals surface area contributed by atoms with Crippen molar-refractivity contribution in [3.05, 3.63) is 53.6 Å². The van der Waals surface area contributed by atoms with Crippen molar-refractivity contribution in [2.75, 3.05) is 12.4 Å². The molecule has 0 radical (unpaired) electrons. The predicted octanol–water partition coefficient (Wildman–Crippen LogP) is 3.75. The van der Waals surface area contributed by atoms with Crippen LogP contribution in [0, 0.1) is 0 Å². The molecule has 0 aromatic heterocycles. The topological polar surface area (TPSA) is 84.9 Å². The maximum Gasteiger partial charge on any atom is 0.335 e. The molecular weight excluding hydrogens is 334 g/mol. The van der Waals surface area contributed by atoms with Crippen LogP contribution in [0.1, 0.15) is 36.2 Å². The van der Waals surface area contributed by atoms with Gasteiger partial charge in [-0.1, -0.05) is 12.1 Å². The molecule has 26 heavy (non-hydrogen) atoms. The van der Waals surface area contributed by atoms with Gasteiger partial charge in [-0.25, -0.2) is 4.79 Å². The molecule has 0 aliphatic heterocycles. The third-order valence-electron chi connectivity index (χ3n) is 3.67. The molecule has 6 nitrogen and oxygen atoms in total. The Bertz CT molecular complexity index is 768. The first kappa shape index (κ1) is 19.3. The van der Waals surface area contributed by atoms with Crippen molar-refractivity contribution in [2.45, 2.75) is 32.8 Å². The minimum Gasteiger partial charge on any atom is -0.497 e. The fourth-order valence-corrected chi connectivity index (χ4v) is 2.38. The molecule has 0 aliphatic carbocycles. The molecule has 0 heterocycles. The van der Waals surface area contributed by atoms with Crippen molar-refractivity contribution < 1.29 is 24.2 Å². The highest BCUT2D eigenvalue weighted by Gasteiger charge is 2.11. The summed E-state index contributed by atoms with van der Waals surface area (Å²) in [5.41, 5.74) is 1.68. The Kier molecular flexibility index (Phi) is 6.60. The van der Waals surface area contributed by atoms with E-state index in [0.717, 1.165) is 5.56 Å². The Hall–Kier alpha value is -3.02. The highest BCUT2D eigenvalue weighted by molar-refractivity contribution is 5.92. The van der Waals surface area contributed by atoms with Crippen molar-refractivity contribution in [1.29, 1.82) is 0 Å². The SMILES string of the molecule is COc1ccc(OC(C)C)c(NC(=O)CCc2ccc(C(=O)O)cc2)c1. The smallest absolute Gasteiger partial charge is 0.335 e. The number of aromatic carboxylic acids is 1. The second-order valence-electron chi connectivity index (χ2n) is 6.08. The van der Waals surface area contributed by atoms with Crippen LogP contribution < -0.4 is 14.8 Å². The van der Waals surface area contributed by atoms with Crippen LogP contribution in [0.3, 0.4) is 0 Å². The van der Waals surface area contributed by atoms with Gasteiger partial charge >= 0.3 is 5.97 Å². The Labute approximate surface area is 152 Å². The third kappa shape index (κ3) is 5.51. The summed E-state index contributed by atoms with van der Waals surface area (Å²) >= 11 is 0. The van der Waals surface area contributed by atoms with Crippen LogP contribution in [0.2, 0.25) is 0 Å². The van der Waals surface area contributed by atoms with E-state index in [0.29, 0.717) is 23.6 Å². The minimum absolute atomic E-state index is 0.0215. The lowest BCUT2D eigenvalue weighted by Crippen LogP contribution is -2.15. The van der Waals surface area contributed by atoms with Gasteiger partial charge in [0.25, 0.3) is 0 Å². The molecular formula is C20H23NO5. The molecule has 0 atom stereocenters. The average molecular weight is 357 g/mol. The number of amides is 1. The van der Waals surface area contributed by atoms with Crippen LogP contribution >= 0.6 is 0 Å². The van der Waals surface area contributed by atoms with E-state index in [-0.39, 0.29) is 24.0 Å². The van der Waals surface area contributed by atoms with E-state index in [1.54, 1.807) is 37.4 Å². The number of carbonyl (C=O) groups is 2. The van der Waals surface area contributed by atoms with Crippen LogP contribution in [0.25, 0.3) is 0 Å². The van der Waals surface area contributed by atoms with Gasteiger partial charge in [0.1, 0.15) is 11.5 Å². The zero-order valence-corrected chi connectivity index (χ0v) is 15.1. The first-order valence-electron chi connectivity index (χ1n) is 8.36. The summed E-state index contributed by atoms with van der Waals surface area (Å²) in [4.78, 5) is 23.2. The number of hydrogen-bond acceptors (Lipinski definition) is 4. The van der Waals surface area contributed by atoms with E-state index in [2.05, 4.69) is 5.32 Å². The van der Waals surface area contributed by atoms with E-state index < -0.39 is 5.97 Å². The van der Waals surface area contributed by atoms with E-state index >= 15 is 0 Å². The molecule has 0 fully saturated rings. The van der Waals surface area contributed by atoms with Gasteiger partial charge in [0.15, 0.2) is 0 Å². The second kappa shape index (κ2) is 8.89. The number of rotatable bonds is 8. The van der Waals surface area contributed by atoms with Crippen LogP contribution in [0.5, 0.6) is 11.5 Å². The van der Waals surface area contributed by atoms with Gasteiger partial charge in [0.05, 0.1) is 24.5 Å². The van der Waals surface area contributed by atoms with Crippen molar-refractivity contribution in [3.63, 3.8) is 0 Å². The molecule has 0 unspecified atom stereocenters. The molecule has 0 saturated carbocycles. The zero-order chi connectivity index (χ0) is 19.1. The number of methoxy groups -OCH3 is 1. The van der Waals surface area contributed by atoms with Crippen LogP contribution in [-0.4, -0.2) is 30.2 Å². The number of carboxylic acid groups (broad SMARTS) is 1. The van der Waals surface area contributed by atoms with Gasteiger partial charge in [-0.3, -0.25) is 4.79 Å². The van der Waals surface area contributed by atoms with E-state index in [1.807, 2.05) is 13.8 Å². The Morgan fingerprint density at radius 2 is 1.81 bits per heavy atom. The van der Waals surface area contributed by atoms with E-state index in [1.165, 1.54) is 12.1 Å². The summed E-state index contributed by atoms with van der Waals surface area (Å²) in [6.07, 6.45) is 0.757. The van der Waals surface area contributed by atoms with E-state index in [4.69, 9.17) is 14.6 Å². The maximum absolute atomic E-state index is 12.3. The van der Waals surface area contributed by atoms with Crippen molar-refractivity contribution in [2.24, 2.45) is 0 Å². The van der Waals surface area contributed by atoms with Crippen LogP contribution in [0.4, 0.5) is 5.69 Å². The summed E-state index contributed by atoms with van der Waals surface area (Å²) in [5.74, 6) is 0.0831. The molecule has 0 saturated heterocycles. The first-order valence-corrected chi connectivity index (χ1v) is 8.36. The molecule has 6 heteroatoms. The number of carbonyl (C=O) groups excluding carboxylic acids is 1. The number of ether oxygens (including phenoxy) is 2. The fraction of sp³-hybridized carbons (Fsp3) is 0.300. The molecule has 2 aromatic carbocycles. The predicted molar refractivity (Wildman–Crippen MR) is 99.1 cm³/mol. The summed E-state index contributed by atoms with van der Waals surface area (Å²) in [5, 5.41) is 11.8. The van der Waals surface area contributed by atoms with Crippen LogP contribution in [0.15, 0.2) is 42.5 Å². The monoisotopic (exact) mass is 357 g/mol. The maximum atomic E-state index is 12.3. The second-order valence-corrected chi connectivity index (χ2v) is 6.08. The Morgan fingerprint density at radius 3 is 2.38 bits per heavy atom. The highest BCUT2D eigenvalue weighted by Crippen LogP contribution is 2.30. The summed E-state index contributed by atoms with van der Waals surface area (Å²) in [6, 6.07) is 11.8. The lowest BCUT2D eigenvalue weighted by molar-refractivity contribution is -0.116. The molecule has 0 bridgehead atoms. The summed E-state index contributed by atoms with van der Waals surface area (Å²) in [7, 11) is 1.56. The molecule has 138 valence electrons. The van der Waals surface area contributed by atoms with Gasteiger partial charge in [0, 0.05) is 12.5 Å². The zero-order valence-electron chi connectivity index (χ0n) is 15.1. The van der Waals surface area contributed by atoms with E-state index in [9.17, 15) is 9.59 Å². The van der Waals surface area contributed by atoms with Crippen molar-refractivity contribution >= 4 is 17.6 Å². The number of benzene rings is 2. The molecule has 1 amide bonds. The Balaban J connectivity index is 2.01. The third-order valence-corrected chi connectivity index (χ3v) is 3.67. The van der Waals surface area contributed by atoms with Gasteiger partial charge < -0.3 is 19.9 Å². The van der Waals surface area contributed by atoms with Gasteiger partial charge in [-0.15, -0.1) is 0 Å². The number of aryl methyl sites for hydroxylation is 1. The van der Waals surface area contributed by atoms with Crippen molar-refractivity contribution in [3.8, 4) is 11.5 Å². The molecule has 0 aliphatic rings. The number of nitrogens with one attached hydrogen (secondary N) is 1.